The third-order valence-electron chi connectivity index (χ3n) is 2.14. The lowest BCUT2D eigenvalue weighted by Gasteiger charge is -1.98. The van der Waals surface area contributed by atoms with Crippen LogP contribution in [-0.2, 0) is 4.79 Å². The smallest absolute Gasteiger partial charge is 0.296 e. The maximum absolute atomic E-state index is 11.3. The first-order valence-corrected chi connectivity index (χ1v) is 4.98. The maximum Gasteiger partial charge on any atom is 0.296 e. The Bertz CT molecular complexity index is 466. The number of alkyl halides is 1. The van der Waals surface area contributed by atoms with E-state index in [0.29, 0.717) is 17.1 Å². The Hall–Kier alpha value is -1.61. The van der Waals surface area contributed by atoms with E-state index in [2.05, 4.69) is 5.32 Å². The van der Waals surface area contributed by atoms with Gasteiger partial charge in [0.05, 0.1) is 11.3 Å². The molecule has 0 saturated carbocycles. The van der Waals surface area contributed by atoms with Crippen LogP contribution >= 0.6 is 11.6 Å². The molecule has 3 nitrogen and oxygen atoms in total. The summed E-state index contributed by atoms with van der Waals surface area (Å²) in [4.78, 5) is 22.3. The fraction of sp³-hybridized carbons (Fsp3) is 0.0909. The lowest BCUT2D eigenvalue weighted by Crippen LogP contribution is -2.12. The number of allylic oxidation sites excluding steroid dienone is 1. The number of hydrogen-bond acceptors (Lipinski definition) is 2. The summed E-state index contributed by atoms with van der Waals surface area (Å²) in [6.45, 7) is 0. The molecule has 0 bridgehead atoms. The number of Topliss-reactive ketones (excluding diaryl/α,β-unsaturated/α-hetero) is 1. The fourth-order valence-electron chi connectivity index (χ4n) is 1.45. The molecule has 1 amide bonds. The highest BCUT2D eigenvalue weighted by Crippen LogP contribution is 2.24. The number of benzene rings is 1. The minimum atomic E-state index is -0.566. The normalized spacial score (nSPS) is 14.5. The first-order chi connectivity index (χ1) is 7.22. The molecule has 1 heterocycles. The fourth-order valence-corrected chi connectivity index (χ4v) is 1.54. The Labute approximate surface area is 91.7 Å². The van der Waals surface area contributed by atoms with Gasteiger partial charge in [0.25, 0.3) is 11.7 Å². The van der Waals surface area contributed by atoms with Gasteiger partial charge >= 0.3 is 0 Å². The molecule has 1 N–H and O–H groups in total. The highest BCUT2D eigenvalue weighted by molar-refractivity contribution is 6.51. The number of halogens is 1. The zero-order valence-electron chi connectivity index (χ0n) is 7.79. The highest BCUT2D eigenvalue weighted by Gasteiger charge is 2.27. The summed E-state index contributed by atoms with van der Waals surface area (Å²) in [6, 6.07) is 5.17. The number of ketones is 1. The Balaban J connectivity index is 2.37. The largest absolute Gasteiger partial charge is 0.318 e. The second kappa shape index (κ2) is 3.87. The molecule has 4 heteroatoms. The van der Waals surface area contributed by atoms with Crippen molar-refractivity contribution in [1.29, 1.82) is 0 Å². The number of nitrogens with one attached hydrogen (secondary N) is 1. The van der Waals surface area contributed by atoms with E-state index < -0.39 is 11.7 Å². The number of carbonyl (C=O) groups excluding carboxylic acids is 2. The second-order valence-corrected chi connectivity index (χ2v) is 3.45. The number of amides is 1. The van der Waals surface area contributed by atoms with Crippen molar-refractivity contribution in [3.63, 3.8) is 0 Å². The first-order valence-electron chi connectivity index (χ1n) is 4.44. The molecule has 1 aliphatic heterocycles. The quantitative estimate of drug-likeness (QED) is 0.614. The maximum atomic E-state index is 11.3. The number of fused-ring (bicyclic) bond motifs is 1. The molecule has 0 radical (unpaired) electrons. The molecule has 1 aromatic carbocycles. The molecular weight excluding hydrogens is 214 g/mol. The van der Waals surface area contributed by atoms with E-state index in [1.165, 1.54) is 0 Å². The number of carbonyl (C=O) groups is 2. The average molecular weight is 222 g/mol. The van der Waals surface area contributed by atoms with Crippen molar-refractivity contribution < 1.29 is 9.59 Å². The van der Waals surface area contributed by atoms with Crippen LogP contribution in [-0.4, -0.2) is 17.6 Å². The van der Waals surface area contributed by atoms with E-state index >= 15 is 0 Å². The van der Waals surface area contributed by atoms with Crippen LogP contribution in [0.15, 0.2) is 24.3 Å². The van der Waals surface area contributed by atoms with E-state index in [1.807, 2.05) is 6.08 Å². The zero-order chi connectivity index (χ0) is 10.8. The van der Waals surface area contributed by atoms with E-state index in [-0.39, 0.29) is 0 Å². The minimum absolute atomic E-state index is 0.433. The van der Waals surface area contributed by atoms with Gasteiger partial charge < -0.3 is 5.32 Å². The molecule has 0 aromatic heterocycles. The van der Waals surface area contributed by atoms with Crippen molar-refractivity contribution >= 4 is 35.1 Å². The molecule has 0 fully saturated rings. The topological polar surface area (TPSA) is 46.2 Å². The summed E-state index contributed by atoms with van der Waals surface area (Å²) < 4.78 is 0. The van der Waals surface area contributed by atoms with Crippen LogP contribution in [0.25, 0.3) is 6.08 Å². The molecule has 15 heavy (non-hydrogen) atoms. The highest BCUT2D eigenvalue weighted by atomic mass is 35.5. The van der Waals surface area contributed by atoms with Crippen molar-refractivity contribution in [3.8, 4) is 0 Å². The van der Waals surface area contributed by atoms with Crippen LogP contribution in [0, 0.1) is 0 Å². The SMILES string of the molecule is O=C1Nc2cc(C=CCCl)ccc2C1=O. The monoisotopic (exact) mass is 221 g/mol. The van der Waals surface area contributed by atoms with Crippen LogP contribution in [0.1, 0.15) is 15.9 Å². The van der Waals surface area contributed by atoms with Gasteiger partial charge in [0.2, 0.25) is 0 Å². The Kier molecular flexibility index (Phi) is 2.56. The molecule has 0 spiro atoms. The van der Waals surface area contributed by atoms with Crippen molar-refractivity contribution in [2.75, 3.05) is 11.2 Å². The number of anilines is 1. The Morgan fingerprint density at radius 2 is 2.13 bits per heavy atom. The molecule has 0 saturated heterocycles. The van der Waals surface area contributed by atoms with E-state index in [4.69, 9.17) is 11.6 Å². The molecule has 1 aliphatic rings. The van der Waals surface area contributed by atoms with Gasteiger partial charge in [-0.05, 0) is 17.7 Å². The third-order valence-corrected chi connectivity index (χ3v) is 2.32. The zero-order valence-corrected chi connectivity index (χ0v) is 8.54. The summed E-state index contributed by atoms with van der Waals surface area (Å²) in [7, 11) is 0. The predicted octanol–water partition coefficient (Wildman–Crippen LogP) is 2.07. The van der Waals surface area contributed by atoms with E-state index in [9.17, 15) is 9.59 Å². The molecule has 0 unspecified atom stereocenters. The van der Waals surface area contributed by atoms with Gasteiger partial charge in [-0.2, -0.15) is 0 Å². The van der Waals surface area contributed by atoms with Crippen LogP contribution in [0.3, 0.4) is 0 Å². The number of rotatable bonds is 2. The average Bonchev–Trinajstić information content (AvgIpc) is 2.52. The molecule has 1 aromatic rings. The predicted molar refractivity (Wildman–Crippen MR) is 59.2 cm³/mol. The lowest BCUT2D eigenvalue weighted by molar-refractivity contribution is -0.112. The standard InChI is InChI=1S/C11H8ClNO2/c12-5-1-2-7-3-4-8-9(6-7)13-11(15)10(8)14/h1-4,6H,5H2,(H,13,14,15). The molecule has 2 rings (SSSR count). The van der Waals surface area contributed by atoms with Crippen molar-refractivity contribution in [2.24, 2.45) is 0 Å². The van der Waals surface area contributed by atoms with Crippen LogP contribution in [0.2, 0.25) is 0 Å². The van der Waals surface area contributed by atoms with Gasteiger partial charge in [-0.1, -0.05) is 18.2 Å². The third kappa shape index (κ3) is 1.78. The molecule has 0 aliphatic carbocycles. The Morgan fingerprint density at radius 1 is 1.33 bits per heavy atom. The van der Waals surface area contributed by atoms with Crippen molar-refractivity contribution in [2.45, 2.75) is 0 Å². The van der Waals surface area contributed by atoms with Gasteiger partial charge in [-0.3, -0.25) is 9.59 Å². The molecule has 76 valence electrons. The van der Waals surface area contributed by atoms with Gasteiger partial charge in [0.1, 0.15) is 0 Å². The van der Waals surface area contributed by atoms with Crippen molar-refractivity contribution in [1.82, 2.24) is 0 Å². The molecular formula is C11H8ClNO2. The van der Waals surface area contributed by atoms with Gasteiger partial charge in [-0.25, -0.2) is 0 Å². The lowest BCUT2D eigenvalue weighted by atomic mass is 10.1. The summed E-state index contributed by atoms with van der Waals surface area (Å²) >= 11 is 5.50. The number of hydrogen-bond donors (Lipinski definition) is 1. The van der Waals surface area contributed by atoms with Crippen molar-refractivity contribution in [3.05, 3.63) is 35.4 Å². The first kappa shape index (κ1) is 9.93. The van der Waals surface area contributed by atoms with Gasteiger partial charge in [-0.15, -0.1) is 11.6 Å². The summed E-state index contributed by atoms with van der Waals surface area (Å²) in [5.74, 6) is -0.608. The van der Waals surface area contributed by atoms with Crippen LogP contribution in [0.5, 0.6) is 0 Å². The second-order valence-electron chi connectivity index (χ2n) is 3.14. The Morgan fingerprint density at radius 3 is 2.87 bits per heavy atom. The van der Waals surface area contributed by atoms with Gasteiger partial charge in [0, 0.05) is 5.88 Å². The van der Waals surface area contributed by atoms with E-state index in [0.717, 1.165) is 5.56 Å². The summed E-state index contributed by atoms with van der Waals surface area (Å²) in [6.07, 6.45) is 3.63. The summed E-state index contributed by atoms with van der Waals surface area (Å²) in [5.41, 5.74) is 1.91. The minimum Gasteiger partial charge on any atom is -0.318 e. The van der Waals surface area contributed by atoms with Gasteiger partial charge in [0.15, 0.2) is 0 Å². The van der Waals surface area contributed by atoms with E-state index in [1.54, 1.807) is 24.3 Å². The molecule has 0 atom stereocenters. The van der Waals surface area contributed by atoms with Crippen LogP contribution < -0.4 is 5.32 Å². The summed E-state index contributed by atoms with van der Waals surface area (Å²) in [5, 5.41) is 2.51. The van der Waals surface area contributed by atoms with Crippen LogP contribution in [0.4, 0.5) is 5.69 Å².